The number of carbonyl (C=O) groups excluding carboxylic acids is 2. The number of β-lactam (4-membered cyclic amide) rings is 1. The summed E-state index contributed by atoms with van der Waals surface area (Å²) in [6.45, 7) is 0.0225. The summed E-state index contributed by atoms with van der Waals surface area (Å²) in [4.78, 5) is 25.1. The zero-order chi connectivity index (χ0) is 20.5. The van der Waals surface area contributed by atoms with Crippen molar-refractivity contribution in [3.05, 3.63) is 71.8 Å². The third-order valence-electron chi connectivity index (χ3n) is 5.51. The molecule has 1 fully saturated rings. The smallest absolute Gasteiger partial charge is 0.237 e. The van der Waals surface area contributed by atoms with E-state index >= 15 is 0 Å². The minimum Gasteiger partial charge on any atom is -0.368 e. The molecule has 4 nitrogen and oxygen atoms in total. The Bertz CT molecular complexity index is 797. The van der Waals surface area contributed by atoms with Crippen molar-refractivity contribution >= 4 is 23.6 Å². The molecule has 0 unspecified atom stereocenters. The molecule has 1 heterocycles. The van der Waals surface area contributed by atoms with Crippen molar-refractivity contribution in [2.75, 3.05) is 6.54 Å². The van der Waals surface area contributed by atoms with Gasteiger partial charge in [-0.05, 0) is 30.4 Å². The first-order valence-corrected chi connectivity index (χ1v) is 11.4. The van der Waals surface area contributed by atoms with Crippen LogP contribution in [0.5, 0.6) is 0 Å². The van der Waals surface area contributed by atoms with Crippen LogP contribution in [0.4, 0.5) is 0 Å². The molecule has 0 bridgehead atoms. The molecule has 2 aromatic carbocycles. The molecule has 0 aromatic heterocycles. The average molecular weight is 411 g/mol. The van der Waals surface area contributed by atoms with Gasteiger partial charge in [0.15, 0.2) is 0 Å². The summed E-state index contributed by atoms with van der Waals surface area (Å²) in [5, 5.41) is 0. The Labute approximate surface area is 177 Å². The van der Waals surface area contributed by atoms with E-state index in [1.165, 1.54) is 24.0 Å². The molecule has 1 aliphatic rings. The molecule has 1 atom stereocenters. The van der Waals surface area contributed by atoms with Crippen LogP contribution >= 0.6 is 11.8 Å². The summed E-state index contributed by atoms with van der Waals surface area (Å²) >= 11 is 1.78. The van der Waals surface area contributed by atoms with Crippen LogP contribution in [0.15, 0.2) is 60.7 Å². The van der Waals surface area contributed by atoms with Gasteiger partial charge in [-0.15, -0.1) is 11.8 Å². The average Bonchev–Trinajstić information content (AvgIpc) is 2.74. The van der Waals surface area contributed by atoms with Crippen molar-refractivity contribution in [2.45, 2.75) is 55.6 Å². The van der Waals surface area contributed by atoms with Crippen molar-refractivity contribution in [3.8, 4) is 0 Å². The number of rotatable bonds is 12. The fourth-order valence-electron chi connectivity index (χ4n) is 3.90. The summed E-state index contributed by atoms with van der Waals surface area (Å²) in [6, 6.07) is 20.8. The Kier molecular flexibility index (Phi) is 7.76. The molecule has 0 aliphatic carbocycles. The van der Waals surface area contributed by atoms with Crippen molar-refractivity contribution < 1.29 is 9.59 Å². The van der Waals surface area contributed by atoms with Crippen molar-refractivity contribution in [1.82, 2.24) is 4.90 Å². The molecule has 2 aromatic rings. The van der Waals surface area contributed by atoms with Gasteiger partial charge < -0.3 is 10.6 Å². The third-order valence-corrected chi connectivity index (χ3v) is 7.09. The first-order valence-electron chi connectivity index (χ1n) is 10.4. The molecule has 154 valence electrons. The van der Waals surface area contributed by atoms with Crippen LogP contribution in [-0.2, 0) is 21.8 Å². The number of likely N-dealkylation sites (tertiary alicyclic amines) is 1. The molecule has 2 amide bonds. The molecule has 0 spiro atoms. The second-order valence-electron chi connectivity index (χ2n) is 7.74. The van der Waals surface area contributed by atoms with E-state index in [1.807, 2.05) is 24.3 Å². The molecule has 29 heavy (non-hydrogen) atoms. The van der Waals surface area contributed by atoms with Gasteiger partial charge in [0.1, 0.15) is 6.54 Å². The fraction of sp³-hybridized carbons (Fsp3) is 0.417. The van der Waals surface area contributed by atoms with E-state index in [9.17, 15) is 9.59 Å². The number of aryl methyl sites for hydroxylation is 1. The van der Waals surface area contributed by atoms with Crippen LogP contribution in [0.25, 0.3) is 0 Å². The summed E-state index contributed by atoms with van der Waals surface area (Å²) in [7, 11) is 0. The lowest BCUT2D eigenvalue weighted by Gasteiger charge is -2.51. The second kappa shape index (κ2) is 10.5. The monoisotopic (exact) mass is 410 g/mol. The van der Waals surface area contributed by atoms with Crippen molar-refractivity contribution in [2.24, 2.45) is 5.73 Å². The number of primary amides is 1. The summed E-state index contributed by atoms with van der Waals surface area (Å²) in [5.41, 5.74) is 8.02. The van der Waals surface area contributed by atoms with Gasteiger partial charge in [0.25, 0.3) is 0 Å². The van der Waals surface area contributed by atoms with E-state index in [0.717, 1.165) is 31.4 Å². The van der Waals surface area contributed by atoms with E-state index < -0.39 is 5.91 Å². The molecule has 1 aliphatic heterocycles. The van der Waals surface area contributed by atoms with Gasteiger partial charge in [0.2, 0.25) is 11.8 Å². The van der Waals surface area contributed by atoms with Gasteiger partial charge in [-0.25, -0.2) is 0 Å². The number of amides is 2. The van der Waals surface area contributed by atoms with Crippen molar-refractivity contribution in [3.63, 3.8) is 0 Å². The molecular formula is C24H30N2O2S. The number of nitrogens with zero attached hydrogens (tertiary/aromatic N) is 1. The molecule has 2 N–H and O–H groups in total. The first kappa shape index (κ1) is 21.4. The largest absolute Gasteiger partial charge is 0.368 e. The quantitative estimate of drug-likeness (QED) is 0.413. The van der Waals surface area contributed by atoms with Gasteiger partial charge in [-0.2, -0.15) is 0 Å². The maximum Gasteiger partial charge on any atom is 0.237 e. The van der Waals surface area contributed by atoms with E-state index in [1.54, 1.807) is 16.7 Å². The Hall–Kier alpha value is -2.27. The van der Waals surface area contributed by atoms with Gasteiger partial charge in [0, 0.05) is 5.75 Å². The number of carbonyl (C=O) groups is 2. The van der Waals surface area contributed by atoms with Crippen LogP contribution in [-0.4, -0.2) is 28.1 Å². The lowest BCUT2D eigenvalue weighted by atomic mass is 9.94. The minimum absolute atomic E-state index is 0.0225. The maximum atomic E-state index is 12.2. The Morgan fingerprint density at radius 1 is 0.931 bits per heavy atom. The molecule has 1 saturated heterocycles. The van der Waals surface area contributed by atoms with Gasteiger partial charge in [0.05, 0.1) is 11.3 Å². The fourth-order valence-corrected chi connectivity index (χ4v) is 5.36. The van der Waals surface area contributed by atoms with E-state index in [2.05, 4.69) is 36.4 Å². The predicted octanol–water partition coefficient (Wildman–Crippen LogP) is 4.53. The summed E-state index contributed by atoms with van der Waals surface area (Å²) < 4.78 is 0. The number of hydrogen-bond acceptors (Lipinski definition) is 3. The van der Waals surface area contributed by atoms with Gasteiger partial charge in [-0.1, -0.05) is 79.9 Å². The second-order valence-corrected chi connectivity index (χ2v) is 9.08. The van der Waals surface area contributed by atoms with E-state index in [0.29, 0.717) is 6.42 Å². The number of nitrogens with two attached hydrogens (primary N) is 1. The number of benzene rings is 2. The minimum atomic E-state index is -0.439. The Balaban J connectivity index is 1.50. The molecular weight excluding hydrogens is 380 g/mol. The van der Waals surface area contributed by atoms with Gasteiger partial charge in [-0.3, -0.25) is 9.59 Å². The highest BCUT2D eigenvalue weighted by Crippen LogP contribution is 2.47. The first-order chi connectivity index (χ1) is 14.1. The highest BCUT2D eigenvalue weighted by molar-refractivity contribution is 8.00. The lowest BCUT2D eigenvalue weighted by Crippen LogP contribution is -2.63. The van der Waals surface area contributed by atoms with Crippen LogP contribution in [0, 0.1) is 0 Å². The normalized spacial score (nSPS) is 18.5. The zero-order valence-corrected chi connectivity index (χ0v) is 17.7. The highest BCUT2D eigenvalue weighted by atomic mass is 32.2. The number of hydrogen-bond donors (Lipinski definition) is 1. The molecule has 0 saturated carbocycles. The lowest BCUT2D eigenvalue weighted by molar-refractivity contribution is -0.152. The van der Waals surface area contributed by atoms with Crippen molar-refractivity contribution in [1.29, 1.82) is 0 Å². The summed E-state index contributed by atoms with van der Waals surface area (Å²) in [5.74, 6) is 0.427. The molecule has 5 heteroatoms. The topological polar surface area (TPSA) is 63.4 Å². The van der Waals surface area contributed by atoms with Gasteiger partial charge >= 0.3 is 0 Å². The number of thioether (sulfide) groups is 1. The SMILES string of the molecule is NC(=O)CN1C(=O)C[C@@]1(CCCCCCc1ccccc1)SCc1ccccc1. The molecule has 3 rings (SSSR count). The van der Waals surface area contributed by atoms with Crippen LogP contribution < -0.4 is 5.73 Å². The van der Waals surface area contributed by atoms with Crippen LogP contribution in [0.1, 0.15) is 49.7 Å². The summed E-state index contributed by atoms with van der Waals surface area (Å²) in [6.07, 6.45) is 7.08. The predicted molar refractivity (Wildman–Crippen MR) is 119 cm³/mol. The third kappa shape index (κ3) is 6.10. The highest BCUT2D eigenvalue weighted by Gasteiger charge is 2.51. The molecule has 0 radical (unpaired) electrons. The van der Waals surface area contributed by atoms with E-state index in [-0.39, 0.29) is 17.3 Å². The van der Waals surface area contributed by atoms with Crippen LogP contribution in [0.3, 0.4) is 0 Å². The maximum absolute atomic E-state index is 12.2. The Morgan fingerprint density at radius 3 is 2.17 bits per heavy atom. The standard InChI is InChI=1S/C24H30N2O2S/c25-22(27)18-26-23(28)17-24(26,29-19-21-14-8-4-9-15-21)16-10-2-1-5-11-20-12-6-3-7-13-20/h3-4,6-9,12-15H,1-2,5,10-11,16-19H2,(H2,25,27)/t24-/m1/s1. The number of unbranched alkanes of at least 4 members (excludes halogenated alkanes) is 3. The van der Waals surface area contributed by atoms with Crippen LogP contribution in [0.2, 0.25) is 0 Å². The zero-order valence-electron chi connectivity index (χ0n) is 16.9. The Morgan fingerprint density at radius 2 is 1.55 bits per heavy atom. The van der Waals surface area contributed by atoms with E-state index in [4.69, 9.17) is 5.73 Å².